The molecule has 1 aromatic rings. The second-order valence-electron chi connectivity index (χ2n) is 4.52. The Labute approximate surface area is 126 Å². The number of rotatable bonds is 7. The smallest absolute Gasteiger partial charge is 0.239 e. The molecular weight excluding hydrogens is 280 g/mol. The number of carbonyl (C=O) groups is 1. The second kappa shape index (κ2) is 9.58. The van der Waals surface area contributed by atoms with Crippen molar-refractivity contribution in [2.24, 2.45) is 5.73 Å². The summed E-state index contributed by atoms with van der Waals surface area (Å²) in [6.45, 7) is 5.08. The molecule has 114 valence electrons. The number of nitrogens with one attached hydrogen (secondary N) is 1. The van der Waals surface area contributed by atoms with Crippen LogP contribution >= 0.6 is 12.4 Å². The van der Waals surface area contributed by atoms with Gasteiger partial charge in [-0.05, 0) is 37.1 Å². The van der Waals surface area contributed by atoms with Gasteiger partial charge in [-0.25, -0.2) is 0 Å². The fourth-order valence-electron chi connectivity index (χ4n) is 1.75. The average Bonchev–Trinajstić information content (AvgIpc) is 2.33. The number of methoxy groups -OCH3 is 1. The molecule has 0 saturated heterocycles. The van der Waals surface area contributed by atoms with Gasteiger partial charge in [-0.1, -0.05) is 6.07 Å². The van der Waals surface area contributed by atoms with Gasteiger partial charge in [-0.3, -0.25) is 4.79 Å². The van der Waals surface area contributed by atoms with E-state index in [0.29, 0.717) is 13.2 Å². The number of benzene rings is 1. The zero-order valence-electron chi connectivity index (χ0n) is 12.1. The maximum Gasteiger partial charge on any atom is 0.239 e. The van der Waals surface area contributed by atoms with Gasteiger partial charge in [-0.2, -0.15) is 0 Å². The lowest BCUT2D eigenvalue weighted by Crippen LogP contribution is -2.44. The van der Waals surface area contributed by atoms with Gasteiger partial charge >= 0.3 is 0 Å². The Balaban J connectivity index is 0.00000361. The number of hydrogen-bond donors (Lipinski definition) is 2. The van der Waals surface area contributed by atoms with Crippen LogP contribution in [0.5, 0.6) is 5.75 Å². The van der Waals surface area contributed by atoms with Gasteiger partial charge < -0.3 is 20.5 Å². The fraction of sp³-hybridized carbons (Fsp3) is 0.500. The van der Waals surface area contributed by atoms with Crippen LogP contribution in [0.25, 0.3) is 0 Å². The number of carbonyl (C=O) groups excluding carboxylic acids is 1. The molecule has 1 aromatic carbocycles. The van der Waals surface area contributed by atoms with Crippen LogP contribution in [0.15, 0.2) is 18.2 Å². The molecule has 1 unspecified atom stereocenters. The van der Waals surface area contributed by atoms with E-state index in [9.17, 15) is 4.79 Å². The molecule has 1 rings (SSSR count). The number of nitrogens with two attached hydrogens (primary N) is 1. The van der Waals surface area contributed by atoms with Crippen molar-refractivity contribution in [2.45, 2.75) is 19.9 Å². The Bertz CT molecular complexity index is 407. The molecule has 5 nitrogen and oxygen atoms in total. The molecule has 0 aromatic heterocycles. The summed E-state index contributed by atoms with van der Waals surface area (Å²) < 4.78 is 10.4. The zero-order valence-corrected chi connectivity index (χ0v) is 13.0. The molecule has 0 bridgehead atoms. The predicted octanol–water partition coefficient (Wildman–Crippen LogP) is 1.19. The Morgan fingerprint density at radius 2 is 1.90 bits per heavy atom. The normalized spacial score (nSPS) is 11.4. The minimum atomic E-state index is -0.633. The van der Waals surface area contributed by atoms with E-state index in [0.717, 1.165) is 16.9 Å². The Hall–Kier alpha value is -1.30. The first-order valence-electron chi connectivity index (χ1n) is 6.26. The summed E-state index contributed by atoms with van der Waals surface area (Å²) in [6, 6.07) is 5.38. The lowest BCUT2D eigenvalue weighted by Gasteiger charge is -2.12. The Kier molecular flexibility index (Phi) is 8.96. The average molecular weight is 303 g/mol. The number of ether oxygens (including phenoxy) is 2. The minimum absolute atomic E-state index is 0. The Morgan fingerprint density at radius 1 is 1.30 bits per heavy atom. The SMILES string of the molecule is COCC(N)C(=O)NCCOc1cc(C)cc(C)c1.Cl. The number of amides is 1. The molecular formula is C14H23ClN2O3. The quantitative estimate of drug-likeness (QED) is 0.742. The maximum atomic E-state index is 11.5. The fourth-order valence-corrected chi connectivity index (χ4v) is 1.75. The summed E-state index contributed by atoms with van der Waals surface area (Å²) in [5.41, 5.74) is 7.89. The monoisotopic (exact) mass is 302 g/mol. The standard InChI is InChI=1S/C14H22N2O3.ClH/c1-10-6-11(2)8-12(7-10)19-5-4-16-14(17)13(15)9-18-3;/h6-8,13H,4-5,9,15H2,1-3H3,(H,16,17);1H. The van der Waals surface area contributed by atoms with Crippen LogP contribution in [0.2, 0.25) is 0 Å². The van der Waals surface area contributed by atoms with Gasteiger partial charge in [0.1, 0.15) is 18.4 Å². The molecule has 0 spiro atoms. The molecule has 6 heteroatoms. The lowest BCUT2D eigenvalue weighted by atomic mass is 10.1. The van der Waals surface area contributed by atoms with E-state index < -0.39 is 6.04 Å². The van der Waals surface area contributed by atoms with Crippen molar-refractivity contribution in [2.75, 3.05) is 26.9 Å². The summed E-state index contributed by atoms with van der Waals surface area (Å²) in [6.07, 6.45) is 0. The molecule has 0 fully saturated rings. The summed E-state index contributed by atoms with van der Waals surface area (Å²) in [7, 11) is 1.51. The summed E-state index contributed by atoms with van der Waals surface area (Å²) in [5.74, 6) is 0.582. The van der Waals surface area contributed by atoms with Gasteiger partial charge in [0.2, 0.25) is 5.91 Å². The van der Waals surface area contributed by atoms with Crippen molar-refractivity contribution in [3.8, 4) is 5.75 Å². The highest BCUT2D eigenvalue weighted by Crippen LogP contribution is 2.15. The minimum Gasteiger partial charge on any atom is -0.492 e. The summed E-state index contributed by atoms with van der Waals surface area (Å²) in [4.78, 5) is 11.5. The molecule has 0 saturated carbocycles. The van der Waals surface area contributed by atoms with Crippen LogP contribution < -0.4 is 15.8 Å². The van der Waals surface area contributed by atoms with Crippen molar-refractivity contribution >= 4 is 18.3 Å². The molecule has 20 heavy (non-hydrogen) atoms. The van der Waals surface area contributed by atoms with Gasteiger partial charge in [0, 0.05) is 7.11 Å². The van der Waals surface area contributed by atoms with Crippen molar-refractivity contribution in [3.63, 3.8) is 0 Å². The molecule has 3 N–H and O–H groups in total. The molecule has 0 aliphatic rings. The van der Waals surface area contributed by atoms with Crippen molar-refractivity contribution in [3.05, 3.63) is 29.3 Å². The van der Waals surface area contributed by atoms with E-state index in [2.05, 4.69) is 11.4 Å². The van der Waals surface area contributed by atoms with Gasteiger partial charge in [0.05, 0.1) is 13.2 Å². The lowest BCUT2D eigenvalue weighted by molar-refractivity contribution is -0.123. The second-order valence-corrected chi connectivity index (χ2v) is 4.52. The third-order valence-electron chi connectivity index (χ3n) is 2.55. The topological polar surface area (TPSA) is 73.6 Å². The molecule has 0 aliphatic carbocycles. The highest BCUT2D eigenvalue weighted by Gasteiger charge is 2.11. The Morgan fingerprint density at radius 3 is 2.45 bits per heavy atom. The number of aryl methyl sites for hydroxylation is 2. The zero-order chi connectivity index (χ0) is 14.3. The molecule has 0 aliphatic heterocycles. The van der Waals surface area contributed by atoms with E-state index in [1.165, 1.54) is 7.11 Å². The largest absolute Gasteiger partial charge is 0.492 e. The van der Waals surface area contributed by atoms with Gasteiger partial charge in [-0.15, -0.1) is 12.4 Å². The van der Waals surface area contributed by atoms with Crippen LogP contribution in [0.1, 0.15) is 11.1 Å². The van der Waals surface area contributed by atoms with Gasteiger partial charge in [0.25, 0.3) is 0 Å². The molecule has 0 radical (unpaired) electrons. The van der Waals surface area contributed by atoms with Crippen LogP contribution in [0.4, 0.5) is 0 Å². The first kappa shape index (κ1) is 18.7. The summed E-state index contributed by atoms with van der Waals surface area (Å²) in [5, 5.41) is 2.70. The maximum absolute atomic E-state index is 11.5. The predicted molar refractivity (Wildman–Crippen MR) is 81.5 cm³/mol. The first-order chi connectivity index (χ1) is 9.02. The van der Waals surface area contributed by atoms with Crippen LogP contribution in [-0.4, -0.2) is 38.8 Å². The molecule has 1 amide bonds. The third kappa shape index (κ3) is 6.75. The van der Waals surface area contributed by atoms with E-state index >= 15 is 0 Å². The van der Waals surface area contributed by atoms with Crippen LogP contribution in [0, 0.1) is 13.8 Å². The highest BCUT2D eigenvalue weighted by atomic mass is 35.5. The highest BCUT2D eigenvalue weighted by molar-refractivity contribution is 5.85. The molecule has 0 heterocycles. The van der Waals surface area contributed by atoms with Crippen LogP contribution in [0.3, 0.4) is 0 Å². The molecule has 1 atom stereocenters. The van der Waals surface area contributed by atoms with Gasteiger partial charge in [0.15, 0.2) is 0 Å². The number of halogens is 1. The van der Waals surface area contributed by atoms with E-state index in [1.807, 2.05) is 26.0 Å². The number of hydrogen-bond acceptors (Lipinski definition) is 4. The third-order valence-corrected chi connectivity index (χ3v) is 2.55. The van der Waals surface area contributed by atoms with Crippen LogP contribution in [-0.2, 0) is 9.53 Å². The summed E-state index contributed by atoms with van der Waals surface area (Å²) >= 11 is 0. The van der Waals surface area contributed by atoms with E-state index in [4.69, 9.17) is 15.2 Å². The van der Waals surface area contributed by atoms with Crippen molar-refractivity contribution in [1.29, 1.82) is 0 Å². The van der Waals surface area contributed by atoms with Crippen molar-refractivity contribution < 1.29 is 14.3 Å². The first-order valence-corrected chi connectivity index (χ1v) is 6.26. The van der Waals surface area contributed by atoms with E-state index in [1.54, 1.807) is 0 Å². The van der Waals surface area contributed by atoms with E-state index in [-0.39, 0.29) is 24.9 Å². The van der Waals surface area contributed by atoms with Crippen molar-refractivity contribution in [1.82, 2.24) is 5.32 Å².